The fraction of sp³-hybridized carbons (Fsp3) is 0.567. The monoisotopic (exact) mass is 513 g/mol. The fourth-order valence-electron chi connectivity index (χ4n) is 4.84. The number of nitrogens with zero attached hydrogens (tertiary/aromatic N) is 1. The van der Waals surface area contributed by atoms with Gasteiger partial charge in [0.1, 0.15) is 11.9 Å². The van der Waals surface area contributed by atoms with Crippen LogP contribution in [0.15, 0.2) is 48.5 Å². The van der Waals surface area contributed by atoms with Gasteiger partial charge in [-0.2, -0.15) is 0 Å². The summed E-state index contributed by atoms with van der Waals surface area (Å²) in [7, 11) is 3.31. The summed E-state index contributed by atoms with van der Waals surface area (Å²) < 4.78 is 28.5. The van der Waals surface area contributed by atoms with Crippen molar-refractivity contribution in [2.45, 2.75) is 46.3 Å². The molecule has 7 heteroatoms. The number of ether oxygens (including phenoxy) is 5. The number of carbonyl (C=O) groups is 1. The Morgan fingerprint density at radius 3 is 2.49 bits per heavy atom. The summed E-state index contributed by atoms with van der Waals surface area (Å²) in [4.78, 5) is 15.3. The summed E-state index contributed by atoms with van der Waals surface area (Å²) in [5.74, 6) is 2.19. The maximum Gasteiger partial charge on any atom is 0.310 e. The van der Waals surface area contributed by atoms with E-state index in [1.165, 1.54) is 5.56 Å². The minimum atomic E-state index is -0.163. The van der Waals surface area contributed by atoms with Crippen LogP contribution in [0.25, 0.3) is 0 Å². The first-order valence-corrected chi connectivity index (χ1v) is 13.3. The van der Waals surface area contributed by atoms with Crippen LogP contribution in [0.2, 0.25) is 0 Å². The molecule has 1 aliphatic heterocycles. The zero-order valence-electron chi connectivity index (χ0n) is 23.0. The predicted octanol–water partition coefficient (Wildman–Crippen LogP) is 5.22. The summed E-state index contributed by atoms with van der Waals surface area (Å²) in [6, 6.07) is 16.1. The van der Waals surface area contributed by atoms with E-state index in [-0.39, 0.29) is 29.8 Å². The molecule has 1 aliphatic rings. The van der Waals surface area contributed by atoms with Gasteiger partial charge in [-0.15, -0.1) is 0 Å². The average molecular weight is 514 g/mol. The number of methoxy groups -OCH3 is 2. The number of likely N-dealkylation sites (tertiary alicyclic amines) is 1. The molecule has 0 amide bonds. The third kappa shape index (κ3) is 8.64. The minimum Gasteiger partial charge on any atom is -0.493 e. The van der Waals surface area contributed by atoms with E-state index in [4.69, 9.17) is 23.7 Å². The highest BCUT2D eigenvalue weighted by Crippen LogP contribution is 2.35. The molecular formula is C30H43NO6. The second kappa shape index (κ2) is 14.8. The lowest BCUT2D eigenvalue weighted by atomic mass is 9.87. The number of hydrogen-bond acceptors (Lipinski definition) is 7. The van der Waals surface area contributed by atoms with Crippen molar-refractivity contribution in [2.24, 2.45) is 17.8 Å². The standard InChI is InChI=1S/C30H43NO6/c1-6-35-30(32)26-21-31(19-23-11-8-7-9-12-23)20-24(26)17-28(22(2)3)37-25-13-14-27(34-5)29(18-25)36-16-10-15-33-4/h7-9,11-14,18,22,24,26,28H,6,10,15-17,19-21H2,1-5H3/t24-,26-,28?/m1/s1. The molecule has 1 unspecified atom stereocenters. The smallest absolute Gasteiger partial charge is 0.310 e. The highest BCUT2D eigenvalue weighted by Gasteiger charge is 2.40. The van der Waals surface area contributed by atoms with Gasteiger partial charge in [0.05, 0.1) is 26.2 Å². The van der Waals surface area contributed by atoms with Gasteiger partial charge in [-0.25, -0.2) is 0 Å². The second-order valence-electron chi connectivity index (χ2n) is 9.94. The van der Waals surface area contributed by atoms with Crippen LogP contribution in [-0.4, -0.2) is 64.1 Å². The van der Waals surface area contributed by atoms with Gasteiger partial charge in [-0.1, -0.05) is 44.2 Å². The molecule has 2 aromatic carbocycles. The lowest BCUT2D eigenvalue weighted by Gasteiger charge is -2.27. The Bertz CT molecular complexity index is 950. The molecule has 1 saturated heterocycles. The van der Waals surface area contributed by atoms with Gasteiger partial charge in [-0.3, -0.25) is 9.69 Å². The van der Waals surface area contributed by atoms with Crippen molar-refractivity contribution < 1.29 is 28.5 Å². The minimum absolute atomic E-state index is 0.0617. The topological polar surface area (TPSA) is 66.5 Å². The number of esters is 1. The molecule has 37 heavy (non-hydrogen) atoms. The molecule has 1 heterocycles. The molecular weight excluding hydrogens is 470 g/mol. The lowest BCUT2D eigenvalue weighted by Crippen LogP contribution is -2.32. The summed E-state index contributed by atoms with van der Waals surface area (Å²) in [5.41, 5.74) is 1.25. The lowest BCUT2D eigenvalue weighted by molar-refractivity contribution is -0.149. The molecule has 3 atom stereocenters. The number of benzene rings is 2. The van der Waals surface area contributed by atoms with Crippen LogP contribution in [0.3, 0.4) is 0 Å². The Labute approximate surface area is 222 Å². The molecule has 204 valence electrons. The van der Waals surface area contributed by atoms with Gasteiger partial charge < -0.3 is 23.7 Å². The Morgan fingerprint density at radius 1 is 1.03 bits per heavy atom. The van der Waals surface area contributed by atoms with Crippen LogP contribution in [0.4, 0.5) is 0 Å². The molecule has 0 N–H and O–H groups in total. The maximum absolute atomic E-state index is 12.9. The van der Waals surface area contributed by atoms with Crippen LogP contribution in [0.5, 0.6) is 17.2 Å². The van der Waals surface area contributed by atoms with Crippen molar-refractivity contribution in [3.05, 3.63) is 54.1 Å². The highest BCUT2D eigenvalue weighted by atomic mass is 16.5. The van der Waals surface area contributed by atoms with Crippen molar-refractivity contribution in [1.82, 2.24) is 4.90 Å². The Hall–Kier alpha value is -2.77. The van der Waals surface area contributed by atoms with Crippen LogP contribution >= 0.6 is 0 Å². The average Bonchev–Trinajstić information content (AvgIpc) is 3.29. The largest absolute Gasteiger partial charge is 0.493 e. The van der Waals surface area contributed by atoms with E-state index in [1.54, 1.807) is 14.2 Å². The molecule has 0 bridgehead atoms. The van der Waals surface area contributed by atoms with E-state index in [0.717, 1.165) is 31.7 Å². The van der Waals surface area contributed by atoms with Gasteiger partial charge in [0.25, 0.3) is 0 Å². The highest BCUT2D eigenvalue weighted by molar-refractivity contribution is 5.73. The molecule has 0 radical (unpaired) electrons. The van der Waals surface area contributed by atoms with Crippen LogP contribution in [-0.2, 0) is 20.8 Å². The van der Waals surface area contributed by atoms with Crippen molar-refractivity contribution in [3.63, 3.8) is 0 Å². The quantitative estimate of drug-likeness (QED) is 0.239. The van der Waals surface area contributed by atoms with Gasteiger partial charge in [0, 0.05) is 45.8 Å². The molecule has 0 spiro atoms. The van der Waals surface area contributed by atoms with Crippen molar-refractivity contribution >= 4 is 5.97 Å². The third-order valence-electron chi connectivity index (χ3n) is 6.81. The molecule has 0 aliphatic carbocycles. The van der Waals surface area contributed by atoms with Gasteiger partial charge >= 0.3 is 5.97 Å². The van der Waals surface area contributed by atoms with Crippen LogP contribution in [0.1, 0.15) is 39.2 Å². The van der Waals surface area contributed by atoms with E-state index >= 15 is 0 Å². The first kappa shape index (κ1) is 28.8. The van der Waals surface area contributed by atoms with Gasteiger partial charge in [-0.05, 0) is 42.9 Å². The van der Waals surface area contributed by atoms with E-state index in [0.29, 0.717) is 37.9 Å². The zero-order valence-corrected chi connectivity index (χ0v) is 23.0. The maximum atomic E-state index is 12.9. The Morgan fingerprint density at radius 2 is 1.81 bits per heavy atom. The predicted molar refractivity (Wildman–Crippen MR) is 144 cm³/mol. The molecule has 1 fully saturated rings. The normalized spacial score (nSPS) is 18.5. The van der Waals surface area contributed by atoms with E-state index in [1.807, 2.05) is 31.2 Å². The fourth-order valence-corrected chi connectivity index (χ4v) is 4.84. The van der Waals surface area contributed by atoms with E-state index < -0.39 is 0 Å². The first-order valence-electron chi connectivity index (χ1n) is 13.3. The molecule has 3 rings (SSSR count). The van der Waals surface area contributed by atoms with Crippen LogP contribution in [0, 0.1) is 17.8 Å². The summed E-state index contributed by atoms with van der Waals surface area (Å²) in [6.45, 7) is 10.1. The van der Waals surface area contributed by atoms with E-state index in [9.17, 15) is 4.79 Å². The summed E-state index contributed by atoms with van der Waals surface area (Å²) in [6.07, 6.45) is 1.49. The van der Waals surface area contributed by atoms with Crippen molar-refractivity contribution in [2.75, 3.05) is 47.1 Å². The summed E-state index contributed by atoms with van der Waals surface area (Å²) in [5, 5.41) is 0. The molecule has 7 nitrogen and oxygen atoms in total. The van der Waals surface area contributed by atoms with Crippen LogP contribution < -0.4 is 14.2 Å². The summed E-state index contributed by atoms with van der Waals surface area (Å²) >= 11 is 0. The first-order chi connectivity index (χ1) is 17.9. The van der Waals surface area contributed by atoms with Crippen molar-refractivity contribution in [1.29, 1.82) is 0 Å². The van der Waals surface area contributed by atoms with E-state index in [2.05, 4.69) is 43.0 Å². The number of carbonyl (C=O) groups excluding carboxylic acids is 1. The Kier molecular flexibility index (Phi) is 11.5. The van der Waals surface area contributed by atoms with Crippen molar-refractivity contribution in [3.8, 4) is 17.2 Å². The van der Waals surface area contributed by atoms with Gasteiger partial charge in [0.15, 0.2) is 11.5 Å². The zero-order chi connectivity index (χ0) is 26.6. The number of rotatable bonds is 15. The van der Waals surface area contributed by atoms with Gasteiger partial charge in [0.2, 0.25) is 0 Å². The number of hydrogen-bond donors (Lipinski definition) is 0. The molecule has 0 saturated carbocycles. The third-order valence-corrected chi connectivity index (χ3v) is 6.81. The molecule has 0 aromatic heterocycles. The second-order valence-corrected chi connectivity index (χ2v) is 9.94. The molecule has 2 aromatic rings. The SMILES string of the molecule is CCOC(=O)[C@@H]1CN(Cc2ccccc2)C[C@H]1CC(Oc1ccc(OC)c(OCCCOC)c1)C(C)C. The Balaban J connectivity index is 1.71.